The van der Waals surface area contributed by atoms with Crippen LogP contribution in [0.5, 0.6) is 5.75 Å². The lowest BCUT2D eigenvalue weighted by Gasteiger charge is -2.36. The van der Waals surface area contributed by atoms with Gasteiger partial charge in [0.25, 0.3) is 0 Å². The van der Waals surface area contributed by atoms with Gasteiger partial charge in [-0.3, -0.25) is 0 Å². The Morgan fingerprint density at radius 1 is 1.45 bits per heavy atom. The Balaban J connectivity index is 2.25. The lowest BCUT2D eigenvalue weighted by Crippen LogP contribution is -2.47. The topological polar surface area (TPSA) is 72.6 Å². The molecule has 1 unspecified atom stereocenters. The first kappa shape index (κ1) is 15.0. The van der Waals surface area contributed by atoms with E-state index in [2.05, 4.69) is 4.90 Å². The van der Waals surface area contributed by atoms with Gasteiger partial charge in [0.1, 0.15) is 5.75 Å². The van der Waals surface area contributed by atoms with Crippen molar-refractivity contribution in [3.05, 3.63) is 18.2 Å². The highest BCUT2D eigenvalue weighted by Gasteiger charge is 2.29. The maximum absolute atomic E-state index is 11.6. The lowest BCUT2D eigenvalue weighted by molar-refractivity contribution is 0.319. The Labute approximate surface area is 120 Å². The highest BCUT2D eigenvalue weighted by Crippen LogP contribution is 2.34. The summed E-state index contributed by atoms with van der Waals surface area (Å²) in [4.78, 5) is 2.05. The Morgan fingerprint density at radius 2 is 2.20 bits per heavy atom. The Kier molecular flexibility index (Phi) is 4.42. The van der Waals surface area contributed by atoms with Gasteiger partial charge in [0.2, 0.25) is 0 Å². The van der Waals surface area contributed by atoms with Crippen molar-refractivity contribution in [2.45, 2.75) is 26.3 Å². The molecule has 1 atom stereocenters. The molecule has 1 heterocycles. The van der Waals surface area contributed by atoms with Crippen LogP contribution in [0, 0.1) is 0 Å². The first-order chi connectivity index (χ1) is 9.44. The van der Waals surface area contributed by atoms with Crippen LogP contribution < -0.4 is 15.4 Å². The molecule has 6 heteroatoms. The van der Waals surface area contributed by atoms with Gasteiger partial charge in [-0.15, -0.1) is 0 Å². The van der Waals surface area contributed by atoms with Gasteiger partial charge in [-0.05, 0) is 25.5 Å². The summed E-state index contributed by atoms with van der Waals surface area (Å²) >= 11 is 0. The number of nitrogens with zero attached hydrogens (tertiary/aromatic N) is 1. The van der Waals surface area contributed by atoms with E-state index in [0.717, 1.165) is 12.1 Å². The lowest BCUT2D eigenvalue weighted by atomic mass is 10.2. The maximum Gasteiger partial charge on any atom is 0.154 e. The largest absolute Gasteiger partial charge is 0.491 e. The molecule has 20 heavy (non-hydrogen) atoms. The van der Waals surface area contributed by atoms with E-state index in [1.54, 1.807) is 0 Å². The molecule has 0 radical (unpaired) electrons. The smallest absolute Gasteiger partial charge is 0.154 e. The molecule has 0 bridgehead atoms. The van der Waals surface area contributed by atoms with Gasteiger partial charge < -0.3 is 15.4 Å². The van der Waals surface area contributed by atoms with Crippen LogP contribution in [0.25, 0.3) is 0 Å². The zero-order valence-corrected chi connectivity index (χ0v) is 12.8. The van der Waals surface area contributed by atoms with Gasteiger partial charge in [0.05, 0.1) is 29.5 Å². The van der Waals surface area contributed by atoms with E-state index >= 15 is 0 Å². The van der Waals surface area contributed by atoms with E-state index in [1.807, 2.05) is 32.0 Å². The molecule has 1 aromatic carbocycles. The summed E-state index contributed by atoms with van der Waals surface area (Å²) in [6, 6.07) is 5.59. The zero-order valence-electron chi connectivity index (χ0n) is 12.0. The van der Waals surface area contributed by atoms with Crippen LogP contribution in [-0.4, -0.2) is 39.1 Å². The summed E-state index contributed by atoms with van der Waals surface area (Å²) in [5, 5.41) is 0. The molecule has 112 valence electrons. The highest BCUT2D eigenvalue weighted by molar-refractivity contribution is 7.91. The Bertz CT molecular complexity index is 572. The van der Waals surface area contributed by atoms with Crippen molar-refractivity contribution in [3.8, 4) is 5.75 Å². The van der Waals surface area contributed by atoms with Crippen molar-refractivity contribution in [2.75, 3.05) is 35.3 Å². The second-order valence-corrected chi connectivity index (χ2v) is 7.42. The van der Waals surface area contributed by atoms with Gasteiger partial charge in [0, 0.05) is 12.6 Å². The summed E-state index contributed by atoms with van der Waals surface area (Å²) in [6.07, 6.45) is 0.919. The molecule has 0 spiro atoms. The average molecular weight is 298 g/mol. The molecular weight excluding hydrogens is 276 g/mol. The summed E-state index contributed by atoms with van der Waals surface area (Å²) in [5.41, 5.74) is 7.62. The molecule has 0 saturated carbocycles. The van der Waals surface area contributed by atoms with Crippen LogP contribution in [0.4, 0.5) is 11.4 Å². The number of anilines is 2. The third-order valence-corrected chi connectivity index (χ3v) is 5.28. The second-order valence-electron chi connectivity index (χ2n) is 5.19. The number of rotatable bonds is 4. The van der Waals surface area contributed by atoms with Crippen LogP contribution in [-0.2, 0) is 9.84 Å². The van der Waals surface area contributed by atoms with E-state index in [1.165, 1.54) is 0 Å². The first-order valence-electron chi connectivity index (χ1n) is 6.93. The van der Waals surface area contributed by atoms with Gasteiger partial charge in [-0.2, -0.15) is 0 Å². The molecule has 5 nitrogen and oxygen atoms in total. The van der Waals surface area contributed by atoms with Crippen molar-refractivity contribution in [3.63, 3.8) is 0 Å². The predicted molar refractivity (Wildman–Crippen MR) is 82.1 cm³/mol. The van der Waals surface area contributed by atoms with Crippen LogP contribution in [0.15, 0.2) is 18.2 Å². The number of nitrogen functional groups attached to an aromatic ring is 1. The fourth-order valence-corrected chi connectivity index (χ4v) is 4.03. The maximum atomic E-state index is 11.6. The van der Waals surface area contributed by atoms with E-state index < -0.39 is 9.84 Å². The highest BCUT2D eigenvalue weighted by atomic mass is 32.2. The van der Waals surface area contributed by atoms with Gasteiger partial charge in [0.15, 0.2) is 9.84 Å². The molecule has 1 saturated heterocycles. The number of hydrogen-bond donors (Lipinski definition) is 1. The van der Waals surface area contributed by atoms with Gasteiger partial charge in [-0.1, -0.05) is 13.0 Å². The van der Waals surface area contributed by atoms with Crippen molar-refractivity contribution < 1.29 is 13.2 Å². The number of ether oxygens (including phenoxy) is 1. The normalized spacial score (nSPS) is 21.7. The monoisotopic (exact) mass is 298 g/mol. The molecule has 1 aliphatic rings. The molecule has 1 fully saturated rings. The summed E-state index contributed by atoms with van der Waals surface area (Å²) in [7, 11) is -2.92. The molecule has 0 amide bonds. The van der Waals surface area contributed by atoms with E-state index in [0.29, 0.717) is 24.6 Å². The fourth-order valence-electron chi connectivity index (χ4n) is 2.48. The Morgan fingerprint density at radius 3 is 2.85 bits per heavy atom. The SMILES string of the molecule is CCCOc1cccc(N2CCS(=O)(=O)CC2C)c1N. The fraction of sp³-hybridized carbons (Fsp3) is 0.571. The summed E-state index contributed by atoms with van der Waals surface area (Å²) in [5.74, 6) is 1.02. The second kappa shape index (κ2) is 5.91. The number of sulfone groups is 1. The average Bonchev–Trinajstić information content (AvgIpc) is 2.37. The molecule has 0 aliphatic carbocycles. The third-order valence-electron chi connectivity index (χ3n) is 3.48. The van der Waals surface area contributed by atoms with Crippen LogP contribution >= 0.6 is 0 Å². The van der Waals surface area contributed by atoms with Crippen LogP contribution in [0.3, 0.4) is 0 Å². The number of nitrogens with two attached hydrogens (primary N) is 1. The quantitative estimate of drug-likeness (QED) is 0.856. The Hall–Kier alpha value is -1.43. The zero-order chi connectivity index (χ0) is 14.8. The molecule has 1 aromatic rings. The molecule has 1 aliphatic heterocycles. The van der Waals surface area contributed by atoms with Gasteiger partial charge in [-0.25, -0.2) is 8.42 Å². The number of hydrogen-bond acceptors (Lipinski definition) is 5. The number of benzene rings is 1. The predicted octanol–water partition coefficient (Wildman–Crippen LogP) is 1.68. The molecule has 2 N–H and O–H groups in total. The molecular formula is C14H22N2O3S. The minimum Gasteiger partial charge on any atom is -0.491 e. The van der Waals surface area contributed by atoms with Crippen LogP contribution in [0.1, 0.15) is 20.3 Å². The standard InChI is InChI=1S/C14H22N2O3S/c1-3-8-19-13-6-4-5-12(14(13)15)16-7-9-20(17,18)10-11(16)2/h4-6,11H,3,7-10,15H2,1-2H3. The van der Waals surface area contributed by atoms with Crippen molar-refractivity contribution in [2.24, 2.45) is 0 Å². The first-order valence-corrected chi connectivity index (χ1v) is 8.75. The number of para-hydroxylation sites is 1. The molecule has 0 aromatic heterocycles. The van der Waals surface area contributed by atoms with E-state index in [4.69, 9.17) is 10.5 Å². The minimum absolute atomic E-state index is 0.0718. The summed E-state index contributed by atoms with van der Waals surface area (Å²) in [6.45, 7) is 5.05. The molecule has 2 rings (SSSR count). The van der Waals surface area contributed by atoms with Crippen molar-refractivity contribution in [1.82, 2.24) is 0 Å². The van der Waals surface area contributed by atoms with E-state index in [-0.39, 0.29) is 17.5 Å². The van der Waals surface area contributed by atoms with E-state index in [9.17, 15) is 8.42 Å². The third kappa shape index (κ3) is 3.17. The van der Waals surface area contributed by atoms with Gasteiger partial charge >= 0.3 is 0 Å². The minimum atomic E-state index is -2.92. The van der Waals surface area contributed by atoms with Crippen LogP contribution in [0.2, 0.25) is 0 Å². The van der Waals surface area contributed by atoms with Crippen molar-refractivity contribution in [1.29, 1.82) is 0 Å². The van der Waals surface area contributed by atoms with Crippen molar-refractivity contribution >= 4 is 21.2 Å². The summed E-state index contributed by atoms with van der Waals surface area (Å²) < 4.78 is 28.9.